The van der Waals surface area contributed by atoms with Gasteiger partial charge in [-0.3, -0.25) is 14.8 Å². The van der Waals surface area contributed by atoms with Crippen molar-refractivity contribution in [3.63, 3.8) is 0 Å². The summed E-state index contributed by atoms with van der Waals surface area (Å²) < 4.78 is 27.6. The maximum Gasteiger partial charge on any atom is 0.323 e. The Balaban J connectivity index is 1.64. The van der Waals surface area contributed by atoms with Crippen LogP contribution >= 0.6 is 0 Å². The first-order valence-electron chi connectivity index (χ1n) is 8.75. The Hall–Kier alpha value is -3.92. The Kier molecular flexibility index (Phi) is 5.98. The molecule has 0 saturated heterocycles. The standard InChI is InChI=1S/C20H18N4O5S/c1-14-4-2-3-5-19(14)23-30(28,29)18-12-8-16(9-13-18)22-20(25)21-15-6-10-17(11-7-15)24(26)27/h2-13,23H,1H3,(H2,21,22,25). The molecular weight excluding hydrogens is 408 g/mol. The summed E-state index contributed by atoms with van der Waals surface area (Å²) in [6.07, 6.45) is 0. The Morgan fingerprint density at radius 2 is 1.40 bits per heavy atom. The normalized spacial score (nSPS) is 10.8. The van der Waals surface area contributed by atoms with Crippen molar-refractivity contribution in [1.82, 2.24) is 0 Å². The second-order valence-corrected chi connectivity index (χ2v) is 8.01. The zero-order valence-electron chi connectivity index (χ0n) is 15.8. The molecule has 0 fully saturated rings. The maximum atomic E-state index is 12.5. The monoisotopic (exact) mass is 426 g/mol. The van der Waals surface area contributed by atoms with E-state index in [1.807, 2.05) is 6.07 Å². The third-order valence-electron chi connectivity index (χ3n) is 4.15. The third kappa shape index (κ3) is 5.11. The van der Waals surface area contributed by atoms with Crippen LogP contribution in [-0.2, 0) is 10.0 Å². The van der Waals surface area contributed by atoms with E-state index in [0.717, 1.165) is 5.56 Å². The lowest BCUT2D eigenvalue weighted by molar-refractivity contribution is -0.384. The van der Waals surface area contributed by atoms with Gasteiger partial charge in [0.2, 0.25) is 0 Å². The van der Waals surface area contributed by atoms with Crippen molar-refractivity contribution >= 4 is 38.8 Å². The minimum atomic E-state index is -3.77. The molecule has 0 heterocycles. The molecule has 3 aromatic rings. The summed E-state index contributed by atoms with van der Waals surface area (Å²) in [5.74, 6) is 0. The number of anilines is 3. The van der Waals surface area contributed by atoms with E-state index in [0.29, 0.717) is 17.1 Å². The number of hydrogen-bond acceptors (Lipinski definition) is 5. The average molecular weight is 426 g/mol. The first kappa shape index (κ1) is 20.8. The van der Waals surface area contributed by atoms with E-state index in [2.05, 4.69) is 15.4 Å². The first-order chi connectivity index (χ1) is 14.2. The highest BCUT2D eigenvalue weighted by Crippen LogP contribution is 2.21. The Labute approximate surface area is 173 Å². The van der Waals surface area contributed by atoms with Crippen molar-refractivity contribution < 1.29 is 18.1 Å². The van der Waals surface area contributed by atoms with Crippen LogP contribution in [0, 0.1) is 17.0 Å². The minimum Gasteiger partial charge on any atom is -0.308 e. The molecule has 2 amide bonds. The van der Waals surface area contributed by atoms with Gasteiger partial charge in [0.1, 0.15) is 0 Å². The molecule has 9 nitrogen and oxygen atoms in total. The molecular formula is C20H18N4O5S. The van der Waals surface area contributed by atoms with Crippen LogP contribution in [0.4, 0.5) is 27.5 Å². The van der Waals surface area contributed by atoms with Gasteiger partial charge in [-0.1, -0.05) is 18.2 Å². The smallest absolute Gasteiger partial charge is 0.308 e. The predicted octanol–water partition coefficient (Wildman–Crippen LogP) is 4.35. The summed E-state index contributed by atoms with van der Waals surface area (Å²) >= 11 is 0. The zero-order valence-corrected chi connectivity index (χ0v) is 16.6. The molecule has 0 saturated carbocycles. The molecule has 154 valence electrons. The number of non-ortho nitro benzene ring substituents is 1. The molecule has 0 aromatic heterocycles. The number of carbonyl (C=O) groups is 1. The van der Waals surface area contributed by atoms with Gasteiger partial charge in [-0.2, -0.15) is 0 Å². The van der Waals surface area contributed by atoms with Crippen LogP contribution in [0.5, 0.6) is 0 Å². The van der Waals surface area contributed by atoms with Crippen molar-refractivity contribution in [3.8, 4) is 0 Å². The summed E-state index contributed by atoms with van der Waals surface area (Å²) in [7, 11) is -3.77. The van der Waals surface area contributed by atoms with Crippen molar-refractivity contribution in [1.29, 1.82) is 0 Å². The number of sulfonamides is 1. The SMILES string of the molecule is Cc1ccccc1NS(=O)(=O)c1ccc(NC(=O)Nc2ccc([N+](=O)[O-])cc2)cc1. The van der Waals surface area contributed by atoms with Gasteiger partial charge in [0.15, 0.2) is 0 Å². The number of aryl methyl sites for hydroxylation is 1. The average Bonchev–Trinajstić information content (AvgIpc) is 2.70. The van der Waals surface area contributed by atoms with Gasteiger partial charge in [0.05, 0.1) is 15.5 Å². The second-order valence-electron chi connectivity index (χ2n) is 6.33. The summed E-state index contributed by atoms with van der Waals surface area (Å²) in [5.41, 5.74) is 1.95. The van der Waals surface area contributed by atoms with E-state index in [4.69, 9.17) is 0 Å². The molecule has 10 heteroatoms. The topological polar surface area (TPSA) is 130 Å². The Bertz CT molecular complexity index is 1180. The summed E-state index contributed by atoms with van der Waals surface area (Å²) in [4.78, 5) is 22.2. The van der Waals surface area contributed by atoms with Gasteiger partial charge < -0.3 is 10.6 Å². The number of nitrogens with one attached hydrogen (secondary N) is 3. The van der Waals surface area contributed by atoms with E-state index >= 15 is 0 Å². The van der Waals surface area contributed by atoms with Gasteiger partial charge in [0, 0.05) is 23.5 Å². The van der Waals surface area contributed by atoms with Crippen molar-refractivity contribution in [3.05, 3.63) is 88.5 Å². The minimum absolute atomic E-state index is 0.0482. The third-order valence-corrected chi connectivity index (χ3v) is 5.53. The summed E-state index contributed by atoms with van der Waals surface area (Å²) in [5, 5.41) is 15.8. The molecule has 3 rings (SSSR count). The zero-order chi connectivity index (χ0) is 21.7. The number of nitro benzene ring substituents is 1. The molecule has 0 aliphatic rings. The highest BCUT2D eigenvalue weighted by atomic mass is 32.2. The van der Waals surface area contributed by atoms with Gasteiger partial charge in [0.25, 0.3) is 15.7 Å². The van der Waals surface area contributed by atoms with Gasteiger partial charge in [-0.05, 0) is 55.0 Å². The molecule has 0 radical (unpaired) electrons. The number of urea groups is 1. The van der Waals surface area contributed by atoms with Crippen LogP contribution in [0.2, 0.25) is 0 Å². The van der Waals surface area contributed by atoms with E-state index in [1.165, 1.54) is 48.5 Å². The quantitative estimate of drug-likeness (QED) is 0.398. The molecule has 0 spiro atoms. The largest absolute Gasteiger partial charge is 0.323 e. The van der Waals surface area contributed by atoms with E-state index in [-0.39, 0.29) is 10.6 Å². The van der Waals surface area contributed by atoms with Gasteiger partial charge in [-0.25, -0.2) is 13.2 Å². The van der Waals surface area contributed by atoms with Crippen molar-refractivity contribution in [2.75, 3.05) is 15.4 Å². The summed E-state index contributed by atoms with van der Waals surface area (Å²) in [6, 6.07) is 17.5. The van der Waals surface area contributed by atoms with Crippen molar-refractivity contribution in [2.24, 2.45) is 0 Å². The molecule has 0 unspecified atom stereocenters. The highest BCUT2D eigenvalue weighted by Gasteiger charge is 2.15. The van der Waals surface area contributed by atoms with Crippen LogP contribution in [0.25, 0.3) is 0 Å². The highest BCUT2D eigenvalue weighted by molar-refractivity contribution is 7.92. The van der Waals surface area contributed by atoms with Crippen LogP contribution in [-0.4, -0.2) is 19.4 Å². The van der Waals surface area contributed by atoms with Crippen molar-refractivity contribution in [2.45, 2.75) is 11.8 Å². The van der Waals surface area contributed by atoms with Crippen LogP contribution in [0.15, 0.2) is 77.7 Å². The van der Waals surface area contributed by atoms with Gasteiger partial charge >= 0.3 is 6.03 Å². The van der Waals surface area contributed by atoms with E-state index in [1.54, 1.807) is 25.1 Å². The lowest BCUT2D eigenvalue weighted by Crippen LogP contribution is -2.19. The van der Waals surface area contributed by atoms with Crippen LogP contribution in [0.3, 0.4) is 0 Å². The number of nitro groups is 1. The molecule has 0 aliphatic heterocycles. The molecule has 0 atom stereocenters. The molecule has 0 aliphatic carbocycles. The van der Waals surface area contributed by atoms with Crippen LogP contribution in [0.1, 0.15) is 5.56 Å². The van der Waals surface area contributed by atoms with Gasteiger partial charge in [-0.15, -0.1) is 0 Å². The van der Waals surface area contributed by atoms with Crippen LogP contribution < -0.4 is 15.4 Å². The number of hydrogen-bond donors (Lipinski definition) is 3. The number of nitrogens with zero attached hydrogens (tertiary/aromatic N) is 1. The fraction of sp³-hybridized carbons (Fsp3) is 0.0500. The molecule has 30 heavy (non-hydrogen) atoms. The number of benzene rings is 3. The fourth-order valence-corrected chi connectivity index (χ4v) is 3.70. The second kappa shape index (κ2) is 8.62. The lowest BCUT2D eigenvalue weighted by Gasteiger charge is -2.11. The lowest BCUT2D eigenvalue weighted by atomic mass is 10.2. The number of amides is 2. The predicted molar refractivity (Wildman–Crippen MR) is 114 cm³/mol. The fourth-order valence-electron chi connectivity index (χ4n) is 2.57. The maximum absolute atomic E-state index is 12.5. The van der Waals surface area contributed by atoms with E-state index in [9.17, 15) is 23.3 Å². The number of para-hydroxylation sites is 1. The summed E-state index contributed by atoms with van der Waals surface area (Å²) in [6.45, 7) is 1.80. The Morgan fingerprint density at radius 1 is 0.867 bits per heavy atom. The molecule has 3 aromatic carbocycles. The molecule has 0 bridgehead atoms. The number of rotatable bonds is 6. The van der Waals surface area contributed by atoms with E-state index < -0.39 is 21.0 Å². The first-order valence-corrected chi connectivity index (χ1v) is 10.2. The number of carbonyl (C=O) groups excluding carboxylic acids is 1. The Morgan fingerprint density at radius 3 is 1.93 bits per heavy atom. The molecule has 3 N–H and O–H groups in total.